The van der Waals surface area contributed by atoms with Gasteiger partial charge in [0.15, 0.2) is 0 Å². The van der Waals surface area contributed by atoms with Crippen molar-refractivity contribution in [2.75, 3.05) is 13.6 Å². The van der Waals surface area contributed by atoms with E-state index < -0.39 is 0 Å². The quantitative estimate of drug-likeness (QED) is 0.682. The number of benzene rings is 1. The van der Waals surface area contributed by atoms with Crippen molar-refractivity contribution in [3.05, 3.63) is 64.5 Å². The van der Waals surface area contributed by atoms with Gasteiger partial charge in [-0.2, -0.15) is 5.10 Å². The summed E-state index contributed by atoms with van der Waals surface area (Å²) in [6, 6.07) is 10.4. The molecule has 2 aromatic heterocycles. The van der Waals surface area contributed by atoms with Crippen molar-refractivity contribution in [1.29, 1.82) is 0 Å². The van der Waals surface area contributed by atoms with Crippen LogP contribution in [0, 0.1) is 0 Å². The zero-order chi connectivity index (χ0) is 18.5. The maximum atomic E-state index is 12.4. The van der Waals surface area contributed by atoms with Gasteiger partial charge < -0.3 is 14.6 Å². The van der Waals surface area contributed by atoms with Gasteiger partial charge in [0.1, 0.15) is 5.76 Å². The van der Waals surface area contributed by atoms with E-state index in [-0.39, 0.29) is 36.9 Å². The number of hydrogen-bond donors (Lipinski definition) is 2. The maximum absolute atomic E-state index is 12.4. The molecule has 0 saturated carbocycles. The number of furan rings is 1. The van der Waals surface area contributed by atoms with E-state index in [4.69, 9.17) is 4.42 Å². The third-order valence-corrected chi connectivity index (χ3v) is 3.94. The molecule has 0 aliphatic heterocycles. The molecule has 0 unspecified atom stereocenters. The van der Waals surface area contributed by atoms with E-state index in [0.29, 0.717) is 22.2 Å². The summed E-state index contributed by atoms with van der Waals surface area (Å²) in [5.74, 6) is 0.0654. The molecule has 3 rings (SSSR count). The molecule has 2 heterocycles. The highest BCUT2D eigenvalue weighted by molar-refractivity contribution is 5.90. The Balaban J connectivity index is 1.62. The average molecular weight is 354 g/mol. The summed E-state index contributed by atoms with van der Waals surface area (Å²) in [7, 11) is 1.54. The van der Waals surface area contributed by atoms with Crippen molar-refractivity contribution in [3.63, 3.8) is 0 Å². The van der Waals surface area contributed by atoms with Crippen LogP contribution in [0.4, 0.5) is 0 Å². The molecule has 2 N–H and O–H groups in total. The molecule has 3 aromatic rings. The number of H-pyrrole nitrogens is 1. The fourth-order valence-electron chi connectivity index (χ4n) is 2.54. The third-order valence-electron chi connectivity index (χ3n) is 3.94. The lowest BCUT2D eigenvalue weighted by Crippen LogP contribution is -2.38. The fourth-order valence-corrected chi connectivity index (χ4v) is 2.54. The van der Waals surface area contributed by atoms with Crippen molar-refractivity contribution in [3.8, 4) is 0 Å². The first-order valence-corrected chi connectivity index (χ1v) is 8.04. The molecule has 0 saturated heterocycles. The summed E-state index contributed by atoms with van der Waals surface area (Å²) in [5, 5.41) is 10.2. The predicted octanol–water partition coefficient (Wildman–Crippen LogP) is 0.833. The zero-order valence-electron chi connectivity index (χ0n) is 14.2. The molecule has 0 aliphatic rings. The number of hydrogen-bond acceptors (Lipinski definition) is 5. The van der Waals surface area contributed by atoms with E-state index >= 15 is 0 Å². The van der Waals surface area contributed by atoms with Crippen LogP contribution in [-0.4, -0.2) is 40.5 Å². The van der Waals surface area contributed by atoms with Gasteiger partial charge in [-0.1, -0.05) is 18.2 Å². The summed E-state index contributed by atoms with van der Waals surface area (Å²) in [6.07, 6.45) is 1.51. The molecule has 0 atom stereocenters. The van der Waals surface area contributed by atoms with Gasteiger partial charge in [0.25, 0.3) is 5.56 Å². The molecule has 0 spiro atoms. The van der Waals surface area contributed by atoms with Crippen molar-refractivity contribution in [1.82, 2.24) is 20.4 Å². The van der Waals surface area contributed by atoms with Crippen LogP contribution in [0.2, 0.25) is 0 Å². The van der Waals surface area contributed by atoms with Crippen LogP contribution in [0.1, 0.15) is 11.5 Å². The van der Waals surface area contributed by atoms with Crippen LogP contribution in [0.15, 0.2) is 51.9 Å². The lowest BCUT2D eigenvalue weighted by molar-refractivity contribution is -0.134. The Labute approximate surface area is 148 Å². The average Bonchev–Trinajstić information content (AvgIpc) is 3.16. The second-order valence-electron chi connectivity index (χ2n) is 5.83. The van der Waals surface area contributed by atoms with E-state index in [0.717, 1.165) is 0 Å². The Morgan fingerprint density at radius 1 is 1.19 bits per heavy atom. The van der Waals surface area contributed by atoms with Crippen LogP contribution >= 0.6 is 0 Å². The fraction of sp³-hybridized carbons (Fsp3) is 0.222. The minimum absolute atomic E-state index is 0.0146. The highest BCUT2D eigenvalue weighted by Crippen LogP contribution is 2.13. The molecular formula is C18H18N4O4. The summed E-state index contributed by atoms with van der Waals surface area (Å²) < 4.78 is 5.13. The molecule has 1 aromatic carbocycles. The first-order chi connectivity index (χ1) is 12.5. The maximum Gasteiger partial charge on any atom is 0.272 e. The van der Waals surface area contributed by atoms with Crippen LogP contribution in [-0.2, 0) is 22.6 Å². The molecule has 0 aliphatic carbocycles. The number of nitrogens with zero attached hydrogens (tertiary/aromatic N) is 2. The summed E-state index contributed by atoms with van der Waals surface area (Å²) in [6.45, 7) is 0.181. The largest absolute Gasteiger partial charge is 0.467 e. The summed E-state index contributed by atoms with van der Waals surface area (Å²) in [5.41, 5.74) is 0.163. The lowest BCUT2D eigenvalue weighted by Gasteiger charge is -2.16. The van der Waals surface area contributed by atoms with E-state index in [1.165, 1.54) is 11.2 Å². The van der Waals surface area contributed by atoms with Crippen molar-refractivity contribution in [2.24, 2.45) is 0 Å². The van der Waals surface area contributed by atoms with Gasteiger partial charge >= 0.3 is 0 Å². The number of aromatic amines is 1. The second-order valence-corrected chi connectivity index (χ2v) is 5.83. The molecule has 8 heteroatoms. The van der Waals surface area contributed by atoms with E-state index in [2.05, 4.69) is 15.5 Å². The van der Waals surface area contributed by atoms with E-state index in [1.54, 1.807) is 43.4 Å². The predicted molar refractivity (Wildman–Crippen MR) is 94.3 cm³/mol. The van der Waals surface area contributed by atoms with E-state index in [9.17, 15) is 14.4 Å². The highest BCUT2D eigenvalue weighted by Gasteiger charge is 2.16. The van der Waals surface area contributed by atoms with Gasteiger partial charge in [-0.25, -0.2) is 5.10 Å². The number of aromatic nitrogens is 2. The van der Waals surface area contributed by atoms with Crippen molar-refractivity contribution in [2.45, 2.75) is 13.0 Å². The van der Waals surface area contributed by atoms with Gasteiger partial charge in [0.2, 0.25) is 11.8 Å². The van der Waals surface area contributed by atoms with Crippen LogP contribution < -0.4 is 10.9 Å². The Morgan fingerprint density at radius 2 is 1.96 bits per heavy atom. The second kappa shape index (κ2) is 7.64. The van der Waals surface area contributed by atoms with Crippen molar-refractivity contribution < 1.29 is 14.0 Å². The standard InChI is InChI=1S/C18H18N4O4/c1-22(11-16(23)19-10-12-5-4-8-26-12)17(24)9-15-13-6-2-3-7-14(13)18(25)21-20-15/h2-8H,9-11H2,1H3,(H,19,23)(H,21,25). The van der Waals surface area contributed by atoms with E-state index in [1.807, 2.05) is 0 Å². The topological polar surface area (TPSA) is 108 Å². The van der Waals surface area contributed by atoms with Gasteiger partial charge in [0.05, 0.1) is 36.9 Å². The SMILES string of the molecule is CN(CC(=O)NCc1ccco1)C(=O)Cc1n[nH]c(=O)c2ccccc12. The molecule has 8 nitrogen and oxygen atoms in total. The monoisotopic (exact) mass is 354 g/mol. The Morgan fingerprint density at radius 3 is 2.69 bits per heavy atom. The number of nitrogens with one attached hydrogen (secondary N) is 2. The zero-order valence-corrected chi connectivity index (χ0v) is 14.2. The normalized spacial score (nSPS) is 10.7. The number of amides is 2. The smallest absolute Gasteiger partial charge is 0.272 e. The minimum Gasteiger partial charge on any atom is -0.467 e. The van der Waals surface area contributed by atoms with Crippen LogP contribution in [0.3, 0.4) is 0 Å². The lowest BCUT2D eigenvalue weighted by atomic mass is 10.1. The van der Waals surface area contributed by atoms with Crippen molar-refractivity contribution >= 4 is 22.6 Å². The molecule has 134 valence electrons. The number of fused-ring (bicyclic) bond motifs is 1. The molecule has 0 fully saturated rings. The molecule has 26 heavy (non-hydrogen) atoms. The Bertz CT molecular complexity index is 978. The molecule has 0 bridgehead atoms. The molecule has 0 radical (unpaired) electrons. The van der Waals surface area contributed by atoms with Crippen LogP contribution in [0.25, 0.3) is 10.8 Å². The summed E-state index contributed by atoms with van der Waals surface area (Å²) >= 11 is 0. The summed E-state index contributed by atoms with van der Waals surface area (Å²) in [4.78, 5) is 37.5. The highest BCUT2D eigenvalue weighted by atomic mass is 16.3. The minimum atomic E-state index is -0.303. The number of carbonyl (C=O) groups excluding carboxylic acids is 2. The molecule has 2 amide bonds. The number of carbonyl (C=O) groups is 2. The first-order valence-electron chi connectivity index (χ1n) is 8.04. The third kappa shape index (κ3) is 3.97. The van der Waals surface area contributed by atoms with Crippen LogP contribution in [0.5, 0.6) is 0 Å². The number of rotatable bonds is 6. The Hall–Kier alpha value is -3.42. The first kappa shape index (κ1) is 17.4. The van der Waals surface area contributed by atoms with Gasteiger partial charge in [0, 0.05) is 12.4 Å². The number of likely N-dealkylation sites (N-methyl/N-ethyl adjacent to an activating group) is 1. The Kier molecular flexibility index (Phi) is 5.12. The molecular weight excluding hydrogens is 336 g/mol. The van der Waals surface area contributed by atoms with Gasteiger partial charge in [-0.05, 0) is 18.2 Å². The van der Waals surface area contributed by atoms with Gasteiger partial charge in [-0.15, -0.1) is 0 Å². The van der Waals surface area contributed by atoms with Gasteiger partial charge in [-0.3, -0.25) is 14.4 Å².